The Balaban J connectivity index is 2.31. The molecule has 0 heterocycles. The van der Waals surface area contributed by atoms with Crippen LogP contribution in [-0.4, -0.2) is 16.4 Å². The van der Waals surface area contributed by atoms with Gasteiger partial charge in [-0.3, -0.25) is 0 Å². The molecule has 0 aliphatic rings. The first-order chi connectivity index (χ1) is 21.2. The second kappa shape index (κ2) is 18.2. The molecular weight excluding hydrogens is 619 g/mol. The van der Waals surface area contributed by atoms with E-state index in [1.165, 1.54) is 43.8 Å². The van der Waals surface area contributed by atoms with Crippen LogP contribution in [0.2, 0.25) is 41.8 Å². The number of halogens is 6. The van der Waals surface area contributed by atoms with E-state index in [2.05, 4.69) is 27.3 Å². The monoisotopic (exact) mass is 676 g/mol. The highest BCUT2D eigenvalue weighted by molar-refractivity contribution is 6.78. The van der Waals surface area contributed by atoms with E-state index in [0.29, 0.717) is 12.1 Å². The van der Waals surface area contributed by atoms with Crippen LogP contribution in [0.25, 0.3) is 10.8 Å². The van der Waals surface area contributed by atoms with E-state index in [1.807, 2.05) is 20.8 Å². The Morgan fingerprint density at radius 3 is 1.49 bits per heavy atom. The predicted octanol–water partition coefficient (Wildman–Crippen LogP) is 14.0. The Labute approximate surface area is 271 Å². The molecule has 45 heavy (non-hydrogen) atoms. The SMILES string of the molecule is CCCCCCCCC[Si](CCCCCCCC[Si](C)(CC)CC)(Oc1c(F)c(F)c2c(F)cc(F)c(F)c2c1F)C(C)(C)C. The number of unbranched alkanes of at least 4 members (excludes halogenated alkanes) is 11. The van der Waals surface area contributed by atoms with Gasteiger partial charge in [0.15, 0.2) is 29.0 Å². The molecule has 2 rings (SSSR count). The summed E-state index contributed by atoms with van der Waals surface area (Å²) in [6.45, 7) is 15.2. The van der Waals surface area contributed by atoms with E-state index in [1.54, 1.807) is 0 Å². The zero-order valence-electron chi connectivity index (χ0n) is 29.0. The van der Waals surface area contributed by atoms with Crippen molar-refractivity contribution >= 4 is 27.2 Å². The lowest BCUT2D eigenvalue weighted by molar-refractivity contribution is 0.390. The highest BCUT2D eigenvalue weighted by Gasteiger charge is 2.48. The molecule has 0 aliphatic carbocycles. The van der Waals surface area contributed by atoms with E-state index in [-0.39, 0.29) is 6.07 Å². The molecule has 0 amide bonds. The third-order valence-electron chi connectivity index (χ3n) is 10.4. The molecule has 0 aromatic heterocycles. The highest BCUT2D eigenvalue weighted by atomic mass is 28.4. The Bertz CT molecular complexity index is 1210. The minimum Gasteiger partial charge on any atom is -0.539 e. The summed E-state index contributed by atoms with van der Waals surface area (Å²) in [6, 6.07) is 5.30. The third-order valence-corrected chi connectivity index (χ3v) is 21.0. The van der Waals surface area contributed by atoms with Gasteiger partial charge < -0.3 is 4.43 Å². The van der Waals surface area contributed by atoms with Crippen molar-refractivity contribution in [1.82, 2.24) is 0 Å². The van der Waals surface area contributed by atoms with Crippen LogP contribution in [0.3, 0.4) is 0 Å². The summed E-state index contributed by atoms with van der Waals surface area (Å²) in [4.78, 5) is 0. The molecule has 0 fully saturated rings. The van der Waals surface area contributed by atoms with Gasteiger partial charge in [0.1, 0.15) is 5.82 Å². The molecule has 1 nitrogen and oxygen atoms in total. The average molecular weight is 677 g/mol. The largest absolute Gasteiger partial charge is 0.539 e. The maximum Gasteiger partial charge on any atom is 0.256 e. The van der Waals surface area contributed by atoms with Crippen LogP contribution in [0.1, 0.15) is 125 Å². The van der Waals surface area contributed by atoms with E-state index in [0.717, 1.165) is 57.8 Å². The van der Waals surface area contributed by atoms with Crippen LogP contribution in [0.4, 0.5) is 26.3 Å². The summed E-state index contributed by atoms with van der Waals surface area (Å²) in [7, 11) is -4.18. The summed E-state index contributed by atoms with van der Waals surface area (Å²) in [5.74, 6) is -11.1. The van der Waals surface area contributed by atoms with Gasteiger partial charge in [-0.1, -0.05) is 150 Å². The molecule has 0 saturated carbocycles. The lowest BCUT2D eigenvalue weighted by Gasteiger charge is -2.43. The minimum absolute atomic E-state index is 0.100. The Hall–Kier alpha value is -1.49. The van der Waals surface area contributed by atoms with Gasteiger partial charge in [-0.05, 0) is 17.1 Å². The first-order valence-electron chi connectivity index (χ1n) is 17.5. The van der Waals surface area contributed by atoms with E-state index in [4.69, 9.17) is 4.43 Å². The lowest BCUT2D eigenvalue weighted by atomic mass is 10.1. The van der Waals surface area contributed by atoms with Crippen molar-refractivity contribution in [2.24, 2.45) is 0 Å². The Morgan fingerprint density at radius 2 is 1.02 bits per heavy atom. The summed E-state index contributed by atoms with van der Waals surface area (Å²) >= 11 is 0. The van der Waals surface area contributed by atoms with Gasteiger partial charge in [-0.25, -0.2) is 22.0 Å². The first-order valence-corrected chi connectivity index (χ1v) is 23.0. The maximum absolute atomic E-state index is 15.8. The fourth-order valence-corrected chi connectivity index (χ4v) is 13.3. The first kappa shape index (κ1) is 39.7. The van der Waals surface area contributed by atoms with Crippen LogP contribution < -0.4 is 4.43 Å². The van der Waals surface area contributed by atoms with Crippen molar-refractivity contribution in [2.75, 3.05) is 0 Å². The van der Waals surface area contributed by atoms with Gasteiger partial charge >= 0.3 is 0 Å². The third kappa shape index (κ3) is 10.5. The van der Waals surface area contributed by atoms with Gasteiger partial charge in [0.05, 0.1) is 10.8 Å². The highest BCUT2D eigenvalue weighted by Crippen LogP contribution is 2.47. The molecule has 258 valence electrons. The fourth-order valence-electron chi connectivity index (χ4n) is 6.49. The predicted molar refractivity (Wildman–Crippen MR) is 182 cm³/mol. The molecule has 0 spiro atoms. The van der Waals surface area contributed by atoms with Crippen molar-refractivity contribution in [3.05, 3.63) is 41.0 Å². The quantitative estimate of drug-likeness (QED) is 0.0553. The van der Waals surface area contributed by atoms with Gasteiger partial charge in [-0.15, -0.1) is 0 Å². The zero-order valence-corrected chi connectivity index (χ0v) is 31.0. The van der Waals surface area contributed by atoms with Crippen molar-refractivity contribution < 1.29 is 30.8 Å². The molecule has 2 aromatic rings. The molecule has 1 atom stereocenters. The molecule has 0 N–H and O–H groups in total. The number of hydrogen-bond donors (Lipinski definition) is 0. The summed E-state index contributed by atoms with van der Waals surface area (Å²) in [5, 5.41) is -2.99. The Morgan fingerprint density at radius 1 is 0.556 bits per heavy atom. The molecule has 2 aromatic carbocycles. The maximum atomic E-state index is 15.8. The number of fused-ring (bicyclic) bond motifs is 1. The molecule has 0 radical (unpaired) electrons. The van der Waals surface area contributed by atoms with E-state index in [9.17, 15) is 13.2 Å². The van der Waals surface area contributed by atoms with Crippen LogP contribution in [0.5, 0.6) is 5.75 Å². The topological polar surface area (TPSA) is 9.23 Å². The second-order valence-electron chi connectivity index (χ2n) is 14.5. The average Bonchev–Trinajstić information content (AvgIpc) is 2.99. The fraction of sp³-hybridized carbons (Fsp3) is 0.722. The molecule has 0 bridgehead atoms. The summed E-state index contributed by atoms with van der Waals surface area (Å²) < 4.78 is 96.1. The molecular formula is C36H58F6OSi2. The zero-order chi connectivity index (χ0) is 33.8. The normalized spacial score (nSPS) is 13.9. The number of rotatable bonds is 21. The van der Waals surface area contributed by atoms with Crippen molar-refractivity contribution in [3.8, 4) is 5.75 Å². The molecule has 1 unspecified atom stereocenters. The standard InChI is InChI=1S/C36H58F6OSi2/c1-8-11-12-13-14-18-21-24-45(36(4,5)6,25-22-19-16-15-17-20-23-44(7,9-2)10-3)43-35-33(41)30-29(32(40)34(35)42)27(37)26-28(38)31(30)39/h26H,8-25H2,1-7H3. The lowest BCUT2D eigenvalue weighted by Crippen LogP contribution is -2.50. The Kier molecular flexibility index (Phi) is 16.0. The van der Waals surface area contributed by atoms with Gasteiger partial charge in [0.2, 0.25) is 5.82 Å². The minimum atomic E-state index is -3.09. The van der Waals surface area contributed by atoms with Crippen LogP contribution >= 0.6 is 0 Å². The summed E-state index contributed by atoms with van der Waals surface area (Å²) in [5.41, 5.74) is 0. The summed E-state index contributed by atoms with van der Waals surface area (Å²) in [6.07, 6.45) is 13.8. The van der Waals surface area contributed by atoms with Crippen molar-refractivity contribution in [1.29, 1.82) is 0 Å². The van der Waals surface area contributed by atoms with Crippen molar-refractivity contribution in [3.63, 3.8) is 0 Å². The van der Waals surface area contributed by atoms with Crippen LogP contribution in [-0.2, 0) is 0 Å². The van der Waals surface area contributed by atoms with Crippen molar-refractivity contribution in [2.45, 2.75) is 167 Å². The van der Waals surface area contributed by atoms with Gasteiger partial charge in [0, 0.05) is 14.1 Å². The smallest absolute Gasteiger partial charge is 0.256 e. The van der Waals surface area contributed by atoms with Gasteiger partial charge in [0.25, 0.3) is 8.32 Å². The van der Waals surface area contributed by atoms with Gasteiger partial charge in [-0.2, -0.15) is 4.39 Å². The molecule has 0 saturated heterocycles. The van der Waals surface area contributed by atoms with Crippen LogP contribution in [0.15, 0.2) is 6.07 Å². The molecule has 0 aliphatic heterocycles. The van der Waals surface area contributed by atoms with E-state index < -0.39 is 72.9 Å². The molecule has 9 heteroatoms. The second-order valence-corrected chi connectivity index (χ2v) is 24.8. The van der Waals surface area contributed by atoms with E-state index >= 15 is 13.2 Å². The number of hydrogen-bond acceptors (Lipinski definition) is 1. The van der Waals surface area contributed by atoms with Crippen LogP contribution in [0, 0.1) is 34.9 Å². The number of benzene rings is 2.